The first kappa shape index (κ1) is 33.2. The Morgan fingerprint density at radius 1 is 0.386 bits per heavy atom. The van der Waals surface area contributed by atoms with Crippen LogP contribution in [0.25, 0.3) is 104 Å². The van der Waals surface area contributed by atoms with Crippen LogP contribution in [0.2, 0.25) is 0 Å². The number of fused-ring (bicyclic) bond motifs is 6. The van der Waals surface area contributed by atoms with Crippen molar-refractivity contribution in [1.29, 1.82) is 0 Å². The summed E-state index contributed by atoms with van der Waals surface area (Å²) in [6.45, 7) is 2.16. The summed E-state index contributed by atoms with van der Waals surface area (Å²) in [5, 5.41) is 4.99. The lowest BCUT2D eigenvalue weighted by Gasteiger charge is -2.16. The second-order valence-electron chi connectivity index (χ2n) is 14.5. The molecule has 3 heterocycles. The Morgan fingerprint density at radius 3 is 1.86 bits per heavy atom. The molecular formula is C52H34N4S. The lowest BCUT2D eigenvalue weighted by molar-refractivity contribution is 1.06. The van der Waals surface area contributed by atoms with Crippen molar-refractivity contribution in [3.8, 4) is 62.1 Å². The van der Waals surface area contributed by atoms with Gasteiger partial charge >= 0.3 is 0 Å². The van der Waals surface area contributed by atoms with Gasteiger partial charge < -0.3 is 4.57 Å². The molecule has 0 N–H and O–H groups in total. The zero-order valence-corrected chi connectivity index (χ0v) is 31.9. The Labute approximate surface area is 334 Å². The van der Waals surface area contributed by atoms with Crippen molar-refractivity contribution in [3.05, 3.63) is 194 Å². The summed E-state index contributed by atoms with van der Waals surface area (Å²) in [4.78, 5) is 15.8. The van der Waals surface area contributed by atoms with Gasteiger partial charge in [-0.3, -0.25) is 0 Å². The molecule has 0 unspecified atom stereocenters. The molecule has 0 saturated heterocycles. The minimum absolute atomic E-state index is 0.614. The largest absolute Gasteiger partial charge is 0.308 e. The highest BCUT2D eigenvalue weighted by Crippen LogP contribution is 2.42. The van der Waals surface area contributed by atoms with E-state index in [1.807, 2.05) is 29.5 Å². The topological polar surface area (TPSA) is 43.6 Å². The summed E-state index contributed by atoms with van der Waals surface area (Å²) >= 11 is 1.84. The molecule has 8 aromatic carbocycles. The zero-order valence-electron chi connectivity index (χ0n) is 31.1. The molecular weight excluding hydrogens is 713 g/mol. The van der Waals surface area contributed by atoms with Crippen LogP contribution >= 0.6 is 11.3 Å². The Balaban J connectivity index is 1.15. The number of para-hydroxylation sites is 1. The Kier molecular flexibility index (Phi) is 7.86. The molecule has 4 nitrogen and oxygen atoms in total. The SMILES string of the molecule is Cc1ccc2c(c1)c1ccccc1n2-c1cc(-c2ccccc2)ccc1-c1nc(-c2ccccc2)nc(-c2cccc(-c3cccc4c3sc3ccccc34)c2)n1. The molecule has 0 fully saturated rings. The minimum atomic E-state index is 0.614. The number of aromatic nitrogens is 4. The number of rotatable bonds is 6. The van der Waals surface area contributed by atoms with E-state index in [9.17, 15) is 0 Å². The van der Waals surface area contributed by atoms with Crippen LogP contribution in [-0.2, 0) is 0 Å². The van der Waals surface area contributed by atoms with E-state index in [-0.39, 0.29) is 0 Å². The van der Waals surface area contributed by atoms with Crippen LogP contribution in [0.15, 0.2) is 188 Å². The molecule has 11 aromatic rings. The first-order valence-electron chi connectivity index (χ1n) is 19.2. The van der Waals surface area contributed by atoms with Gasteiger partial charge in [-0.05, 0) is 71.6 Å². The highest BCUT2D eigenvalue weighted by molar-refractivity contribution is 7.26. The van der Waals surface area contributed by atoms with Crippen molar-refractivity contribution in [2.75, 3.05) is 0 Å². The molecule has 3 aromatic heterocycles. The molecule has 0 saturated carbocycles. The van der Waals surface area contributed by atoms with Gasteiger partial charge in [-0.2, -0.15) is 0 Å². The summed E-state index contributed by atoms with van der Waals surface area (Å²) in [6, 6.07) is 66.7. The fourth-order valence-electron chi connectivity index (χ4n) is 8.20. The summed E-state index contributed by atoms with van der Waals surface area (Å²) in [5.74, 6) is 1.87. The molecule has 0 spiro atoms. The van der Waals surface area contributed by atoms with E-state index >= 15 is 0 Å². The highest BCUT2D eigenvalue weighted by atomic mass is 32.1. The van der Waals surface area contributed by atoms with Crippen LogP contribution in [0.3, 0.4) is 0 Å². The highest BCUT2D eigenvalue weighted by Gasteiger charge is 2.21. The fourth-order valence-corrected chi connectivity index (χ4v) is 9.44. The van der Waals surface area contributed by atoms with Crippen molar-refractivity contribution >= 4 is 53.3 Å². The lowest BCUT2D eigenvalue weighted by atomic mass is 10.00. The molecule has 0 radical (unpaired) electrons. The molecule has 0 amide bonds. The van der Waals surface area contributed by atoms with E-state index in [0.717, 1.165) is 50.1 Å². The van der Waals surface area contributed by atoms with Crippen molar-refractivity contribution in [1.82, 2.24) is 19.5 Å². The molecule has 0 aliphatic heterocycles. The Bertz CT molecular complexity index is 3310. The number of nitrogens with zero attached hydrogens (tertiary/aromatic N) is 4. The maximum absolute atomic E-state index is 5.35. The number of thiophene rings is 1. The van der Waals surface area contributed by atoms with Gasteiger partial charge in [0.25, 0.3) is 0 Å². The summed E-state index contributed by atoms with van der Waals surface area (Å²) < 4.78 is 4.95. The van der Waals surface area contributed by atoms with Crippen LogP contribution in [0.5, 0.6) is 0 Å². The smallest absolute Gasteiger partial charge is 0.166 e. The van der Waals surface area contributed by atoms with Gasteiger partial charge in [0.05, 0.1) is 16.7 Å². The molecule has 11 rings (SSSR count). The van der Waals surface area contributed by atoms with Gasteiger partial charge in [0, 0.05) is 47.6 Å². The summed E-state index contributed by atoms with van der Waals surface area (Å²) in [5.41, 5.74) is 11.9. The van der Waals surface area contributed by atoms with E-state index in [2.05, 4.69) is 181 Å². The third kappa shape index (κ3) is 5.71. The van der Waals surface area contributed by atoms with Crippen LogP contribution in [0, 0.1) is 6.92 Å². The maximum Gasteiger partial charge on any atom is 0.166 e. The van der Waals surface area contributed by atoms with Crippen molar-refractivity contribution in [2.24, 2.45) is 0 Å². The normalized spacial score (nSPS) is 11.6. The fraction of sp³-hybridized carbons (Fsp3) is 0.0192. The second kappa shape index (κ2) is 13.5. The molecule has 57 heavy (non-hydrogen) atoms. The van der Waals surface area contributed by atoms with Gasteiger partial charge in [0.15, 0.2) is 17.5 Å². The number of hydrogen-bond donors (Lipinski definition) is 0. The third-order valence-electron chi connectivity index (χ3n) is 10.9. The standard InChI is InChI=1S/C52H34N4S/c1-33-26-29-46-44(30-33)40-20-8-10-24-45(40)56(46)47-32-36(34-14-4-2-5-15-34)27-28-43(47)52-54-50(35-16-6-3-7-17-35)53-51(55-52)38-19-12-18-37(31-38)39-22-13-23-42-41-21-9-11-25-48(41)57-49(39)42/h2-32H,1H3. The Morgan fingerprint density at radius 2 is 1.02 bits per heavy atom. The van der Waals surface area contributed by atoms with Gasteiger partial charge in [-0.1, -0.05) is 151 Å². The van der Waals surface area contributed by atoms with Crippen molar-refractivity contribution in [2.45, 2.75) is 6.92 Å². The van der Waals surface area contributed by atoms with E-state index in [0.29, 0.717) is 17.5 Å². The first-order chi connectivity index (χ1) is 28.2. The second-order valence-corrected chi connectivity index (χ2v) is 15.6. The molecule has 5 heteroatoms. The minimum Gasteiger partial charge on any atom is -0.308 e. The average molecular weight is 747 g/mol. The van der Waals surface area contributed by atoms with Gasteiger partial charge in [0.1, 0.15) is 0 Å². The number of benzene rings is 8. The molecule has 268 valence electrons. The van der Waals surface area contributed by atoms with Crippen LogP contribution in [-0.4, -0.2) is 19.5 Å². The van der Waals surface area contributed by atoms with Crippen LogP contribution < -0.4 is 0 Å². The lowest BCUT2D eigenvalue weighted by Crippen LogP contribution is -2.04. The molecule has 0 bridgehead atoms. The number of aryl methyl sites for hydroxylation is 1. The first-order valence-corrected chi connectivity index (χ1v) is 20.0. The summed E-state index contributed by atoms with van der Waals surface area (Å²) in [6.07, 6.45) is 0. The van der Waals surface area contributed by atoms with Crippen LogP contribution in [0.4, 0.5) is 0 Å². The maximum atomic E-state index is 5.35. The van der Waals surface area contributed by atoms with Crippen molar-refractivity contribution in [3.63, 3.8) is 0 Å². The van der Waals surface area contributed by atoms with Gasteiger partial charge in [-0.25, -0.2) is 15.0 Å². The Hall–Kier alpha value is -7.21. The van der Waals surface area contributed by atoms with E-state index in [1.165, 1.54) is 42.1 Å². The molecule has 0 atom stereocenters. The monoisotopic (exact) mass is 746 g/mol. The number of hydrogen-bond acceptors (Lipinski definition) is 4. The zero-order chi connectivity index (χ0) is 37.9. The van der Waals surface area contributed by atoms with Crippen molar-refractivity contribution < 1.29 is 0 Å². The van der Waals surface area contributed by atoms with E-state index < -0.39 is 0 Å². The van der Waals surface area contributed by atoms with Crippen LogP contribution in [0.1, 0.15) is 5.56 Å². The molecule has 0 aliphatic rings. The predicted molar refractivity (Wildman–Crippen MR) is 239 cm³/mol. The van der Waals surface area contributed by atoms with Gasteiger partial charge in [0.2, 0.25) is 0 Å². The van der Waals surface area contributed by atoms with E-state index in [4.69, 9.17) is 15.0 Å². The van der Waals surface area contributed by atoms with Gasteiger partial charge in [-0.15, -0.1) is 11.3 Å². The predicted octanol–water partition coefficient (Wildman–Crippen LogP) is 14.0. The average Bonchev–Trinajstić information content (AvgIpc) is 3.82. The third-order valence-corrected chi connectivity index (χ3v) is 12.1. The quantitative estimate of drug-likeness (QED) is 0.170. The summed E-state index contributed by atoms with van der Waals surface area (Å²) in [7, 11) is 0. The molecule has 0 aliphatic carbocycles. The van der Waals surface area contributed by atoms with E-state index in [1.54, 1.807) is 0 Å².